The molecule has 0 radical (unpaired) electrons. The van der Waals surface area contributed by atoms with Crippen LogP contribution in [0, 0.1) is 0 Å². The molecule has 0 aromatic rings. The molecule has 0 saturated heterocycles. The number of amides is 1. The number of halogens is 3. The molecule has 1 rings (SSSR count). The van der Waals surface area contributed by atoms with Gasteiger partial charge in [-0.1, -0.05) is 15.9 Å². The Kier molecular flexibility index (Phi) is 2.49. The summed E-state index contributed by atoms with van der Waals surface area (Å²) in [7, 11) is 0. The molecule has 5 heteroatoms. The zero-order valence-electron chi connectivity index (χ0n) is 5.30. The van der Waals surface area contributed by atoms with Gasteiger partial charge in [-0.05, 0) is 0 Å². The maximum absolute atomic E-state index is 12.0. The number of hydrogen-bond donors (Lipinski definition) is 0. The first kappa shape index (κ1) is 8.52. The van der Waals surface area contributed by atoms with Crippen molar-refractivity contribution in [2.45, 2.75) is 11.3 Å². The molecular formula is C6H4BrF2NO. The van der Waals surface area contributed by atoms with Gasteiger partial charge in [-0.2, -0.15) is 0 Å². The number of carbonyl (C=O) groups is 1. The standard InChI is InChI=1S/C6H4BrF2NO/c7-4-2-10-5(11)1-3(4)6(8)9/h1-2,4,6H. The van der Waals surface area contributed by atoms with E-state index in [0.29, 0.717) is 0 Å². The lowest BCUT2D eigenvalue weighted by Gasteiger charge is -2.10. The third-order valence-corrected chi connectivity index (χ3v) is 1.96. The Labute approximate surface area is 70.1 Å². The van der Waals surface area contributed by atoms with E-state index in [9.17, 15) is 13.6 Å². The number of carbonyl (C=O) groups excluding carboxylic acids is 1. The van der Waals surface area contributed by atoms with Crippen molar-refractivity contribution in [2.24, 2.45) is 4.99 Å². The van der Waals surface area contributed by atoms with Crippen LogP contribution in [0.25, 0.3) is 0 Å². The van der Waals surface area contributed by atoms with Crippen molar-refractivity contribution >= 4 is 28.1 Å². The predicted molar refractivity (Wildman–Crippen MR) is 40.3 cm³/mol. The first-order valence-corrected chi connectivity index (χ1v) is 3.74. The van der Waals surface area contributed by atoms with Gasteiger partial charge in [-0.3, -0.25) is 4.79 Å². The van der Waals surface area contributed by atoms with E-state index in [4.69, 9.17) is 0 Å². The van der Waals surface area contributed by atoms with E-state index in [0.717, 1.165) is 12.3 Å². The maximum atomic E-state index is 12.0. The number of allylic oxidation sites excluding steroid dienone is 1. The Balaban J connectivity index is 2.85. The maximum Gasteiger partial charge on any atom is 0.269 e. The average molecular weight is 224 g/mol. The normalized spacial score (nSPS) is 24.2. The lowest BCUT2D eigenvalue weighted by molar-refractivity contribution is -0.113. The van der Waals surface area contributed by atoms with E-state index in [-0.39, 0.29) is 5.57 Å². The van der Waals surface area contributed by atoms with Gasteiger partial charge in [0.2, 0.25) is 0 Å². The molecular weight excluding hydrogens is 220 g/mol. The van der Waals surface area contributed by atoms with Crippen LogP contribution in [-0.2, 0) is 4.79 Å². The number of dihydropyridines is 1. The van der Waals surface area contributed by atoms with Crippen LogP contribution in [0.5, 0.6) is 0 Å². The van der Waals surface area contributed by atoms with Crippen molar-refractivity contribution in [3.8, 4) is 0 Å². The lowest BCUT2D eigenvalue weighted by atomic mass is 10.1. The molecule has 0 saturated carbocycles. The lowest BCUT2D eigenvalue weighted by Crippen LogP contribution is -2.17. The van der Waals surface area contributed by atoms with Gasteiger partial charge in [0.25, 0.3) is 12.3 Å². The zero-order valence-corrected chi connectivity index (χ0v) is 6.88. The van der Waals surface area contributed by atoms with Gasteiger partial charge >= 0.3 is 0 Å². The number of hydrogen-bond acceptors (Lipinski definition) is 1. The highest BCUT2D eigenvalue weighted by Gasteiger charge is 2.22. The molecule has 1 aliphatic rings. The number of alkyl halides is 3. The molecule has 0 aliphatic carbocycles. The van der Waals surface area contributed by atoms with Gasteiger partial charge in [-0.15, -0.1) is 0 Å². The van der Waals surface area contributed by atoms with E-state index < -0.39 is 17.2 Å². The topological polar surface area (TPSA) is 29.4 Å². The summed E-state index contributed by atoms with van der Waals surface area (Å²) >= 11 is 2.93. The molecule has 0 N–H and O–H groups in total. The molecule has 0 aromatic carbocycles. The second kappa shape index (κ2) is 3.21. The van der Waals surface area contributed by atoms with Crippen molar-refractivity contribution < 1.29 is 13.6 Å². The van der Waals surface area contributed by atoms with Gasteiger partial charge in [0.05, 0.1) is 4.83 Å². The molecule has 60 valence electrons. The summed E-state index contributed by atoms with van der Waals surface area (Å²) in [5.74, 6) is -0.629. The summed E-state index contributed by atoms with van der Waals surface area (Å²) in [6, 6.07) is 0. The highest BCUT2D eigenvalue weighted by Crippen LogP contribution is 2.20. The van der Waals surface area contributed by atoms with Gasteiger partial charge in [0.1, 0.15) is 0 Å². The number of nitrogens with zero attached hydrogens (tertiary/aromatic N) is 1. The molecule has 0 spiro atoms. The second-order valence-electron chi connectivity index (χ2n) is 1.96. The number of aliphatic imine (C=N–C) groups is 1. The molecule has 0 aromatic heterocycles. The molecule has 1 aliphatic heterocycles. The fourth-order valence-electron chi connectivity index (χ4n) is 0.668. The Morgan fingerprint density at radius 2 is 2.27 bits per heavy atom. The van der Waals surface area contributed by atoms with Crippen LogP contribution >= 0.6 is 15.9 Å². The van der Waals surface area contributed by atoms with Crippen molar-refractivity contribution in [3.05, 3.63) is 11.6 Å². The Morgan fingerprint density at radius 1 is 1.64 bits per heavy atom. The summed E-state index contributed by atoms with van der Waals surface area (Å²) in [5.41, 5.74) is -0.231. The van der Waals surface area contributed by atoms with Crippen molar-refractivity contribution in [1.82, 2.24) is 0 Å². The SMILES string of the molecule is O=C1C=C(C(F)F)C(Br)C=N1. The molecule has 0 fully saturated rings. The molecule has 1 unspecified atom stereocenters. The highest BCUT2D eigenvalue weighted by molar-refractivity contribution is 9.10. The van der Waals surface area contributed by atoms with Gasteiger partial charge in [-0.25, -0.2) is 13.8 Å². The monoisotopic (exact) mass is 223 g/mol. The van der Waals surface area contributed by atoms with Crippen molar-refractivity contribution in [3.63, 3.8) is 0 Å². The number of rotatable bonds is 1. The fourth-order valence-corrected chi connectivity index (χ4v) is 1.12. The van der Waals surface area contributed by atoms with Crippen LogP contribution in [0.15, 0.2) is 16.6 Å². The minimum absolute atomic E-state index is 0.231. The average Bonchev–Trinajstić information content (AvgIpc) is 1.94. The molecule has 1 amide bonds. The van der Waals surface area contributed by atoms with E-state index in [1.165, 1.54) is 0 Å². The van der Waals surface area contributed by atoms with Crippen LogP contribution in [0.3, 0.4) is 0 Å². The third-order valence-electron chi connectivity index (χ3n) is 1.19. The Hall–Kier alpha value is -0.580. The molecule has 1 heterocycles. The molecule has 2 nitrogen and oxygen atoms in total. The summed E-state index contributed by atoms with van der Waals surface area (Å²) in [6.07, 6.45) is -0.594. The summed E-state index contributed by atoms with van der Waals surface area (Å²) in [6.45, 7) is 0. The summed E-state index contributed by atoms with van der Waals surface area (Å²) < 4.78 is 24.1. The first-order valence-electron chi connectivity index (χ1n) is 2.83. The zero-order chi connectivity index (χ0) is 8.43. The van der Waals surface area contributed by atoms with E-state index in [1.54, 1.807) is 0 Å². The third kappa shape index (κ3) is 1.92. The quantitative estimate of drug-likeness (QED) is 0.621. The minimum atomic E-state index is -2.60. The smallest absolute Gasteiger partial charge is 0.267 e. The van der Waals surface area contributed by atoms with Crippen molar-refractivity contribution in [2.75, 3.05) is 0 Å². The second-order valence-corrected chi connectivity index (χ2v) is 2.95. The minimum Gasteiger partial charge on any atom is -0.267 e. The van der Waals surface area contributed by atoms with Gasteiger partial charge < -0.3 is 0 Å². The summed E-state index contributed by atoms with van der Waals surface area (Å²) in [4.78, 5) is 13.2. The predicted octanol–water partition coefficient (Wildman–Crippen LogP) is 1.55. The fraction of sp³-hybridized carbons (Fsp3) is 0.333. The van der Waals surface area contributed by atoms with Crippen LogP contribution in [0.2, 0.25) is 0 Å². The molecule has 11 heavy (non-hydrogen) atoms. The first-order chi connectivity index (χ1) is 5.11. The van der Waals surface area contributed by atoms with Gasteiger partial charge in [0, 0.05) is 17.9 Å². The molecule has 0 bridgehead atoms. The largest absolute Gasteiger partial charge is 0.269 e. The van der Waals surface area contributed by atoms with Crippen LogP contribution < -0.4 is 0 Å². The van der Waals surface area contributed by atoms with E-state index >= 15 is 0 Å². The Morgan fingerprint density at radius 3 is 2.73 bits per heavy atom. The van der Waals surface area contributed by atoms with E-state index in [1.807, 2.05) is 0 Å². The van der Waals surface area contributed by atoms with Crippen LogP contribution in [-0.4, -0.2) is 23.4 Å². The molecule has 1 atom stereocenters. The highest BCUT2D eigenvalue weighted by atomic mass is 79.9. The summed E-state index contributed by atoms with van der Waals surface area (Å²) in [5, 5.41) is 0. The van der Waals surface area contributed by atoms with Crippen LogP contribution in [0.4, 0.5) is 8.78 Å². The van der Waals surface area contributed by atoms with Crippen LogP contribution in [0.1, 0.15) is 0 Å². The van der Waals surface area contributed by atoms with E-state index in [2.05, 4.69) is 20.9 Å². The van der Waals surface area contributed by atoms with Gasteiger partial charge in [0.15, 0.2) is 0 Å². The van der Waals surface area contributed by atoms with Crippen molar-refractivity contribution in [1.29, 1.82) is 0 Å². The Bertz CT molecular complexity index is 237.